The van der Waals surface area contributed by atoms with Crippen LogP contribution in [0.4, 0.5) is 15.8 Å². The number of halogens is 1. The number of benzene rings is 4. The summed E-state index contributed by atoms with van der Waals surface area (Å²) in [6, 6.07) is 25.1. The first kappa shape index (κ1) is 31.7. The molecule has 2 N–H and O–H groups in total. The Morgan fingerprint density at radius 2 is 1.58 bits per heavy atom. The van der Waals surface area contributed by atoms with Crippen molar-refractivity contribution in [3.05, 3.63) is 119 Å². The lowest BCUT2D eigenvalue weighted by Crippen LogP contribution is -2.31. The van der Waals surface area contributed by atoms with Crippen LogP contribution in [-0.4, -0.2) is 56.6 Å². The first-order chi connectivity index (χ1) is 20.5. The maximum absolute atomic E-state index is 13.2. The van der Waals surface area contributed by atoms with E-state index in [1.807, 2.05) is 54.0 Å². The number of hydrogen-bond acceptors (Lipinski definition) is 8. The molecule has 0 aliphatic heterocycles. The molecule has 0 saturated carbocycles. The Hall–Kier alpha value is -4.26. The van der Waals surface area contributed by atoms with Gasteiger partial charge in [-0.25, -0.2) is 17.5 Å². The molecule has 0 fully saturated rings. The molecule has 0 aliphatic carbocycles. The van der Waals surface area contributed by atoms with Crippen molar-refractivity contribution in [2.75, 3.05) is 31.7 Å². The molecule has 43 heavy (non-hydrogen) atoms. The number of thioether (sulfide) groups is 1. The van der Waals surface area contributed by atoms with Gasteiger partial charge in [0.2, 0.25) is 0 Å². The van der Waals surface area contributed by atoms with E-state index >= 15 is 0 Å². The van der Waals surface area contributed by atoms with Crippen molar-refractivity contribution in [2.45, 2.75) is 22.3 Å². The van der Waals surface area contributed by atoms with E-state index in [1.165, 1.54) is 36.4 Å². The number of nitro benzene ring substituents is 1. The topological polar surface area (TPSA) is 122 Å². The monoisotopic (exact) mass is 622 g/mol. The van der Waals surface area contributed by atoms with E-state index < -0.39 is 31.4 Å². The van der Waals surface area contributed by atoms with Gasteiger partial charge >= 0.3 is 0 Å². The third-order valence-electron chi connectivity index (χ3n) is 6.51. The lowest BCUT2D eigenvalue weighted by molar-refractivity contribution is -0.384. The first-order valence-electron chi connectivity index (χ1n) is 13.3. The minimum atomic E-state index is -4.43. The Bertz CT molecular complexity index is 1670. The van der Waals surface area contributed by atoms with Crippen molar-refractivity contribution < 1.29 is 22.5 Å². The zero-order valence-electron chi connectivity index (χ0n) is 23.6. The number of hydrogen-bond donors (Lipinski definition) is 2. The summed E-state index contributed by atoms with van der Waals surface area (Å²) >= 11 is 1.62. The molecule has 4 aromatic rings. The molecule has 9 nitrogen and oxygen atoms in total. The summed E-state index contributed by atoms with van der Waals surface area (Å²) in [6.07, 6.45) is 0.694. The molecular weight excluding hydrogens is 591 g/mol. The second-order valence-corrected chi connectivity index (χ2v) is 12.8. The molecule has 0 spiro atoms. The van der Waals surface area contributed by atoms with Gasteiger partial charge in [-0.2, -0.15) is 0 Å². The zero-order chi connectivity index (χ0) is 31.0. The van der Waals surface area contributed by atoms with Crippen molar-refractivity contribution in [2.24, 2.45) is 0 Å². The molecule has 0 radical (unpaired) electrons. The minimum absolute atomic E-state index is 0.0712. The van der Waals surface area contributed by atoms with E-state index in [9.17, 15) is 27.7 Å². The quantitative estimate of drug-likeness (QED) is 0.105. The second kappa shape index (κ2) is 14.3. The molecule has 224 valence electrons. The van der Waals surface area contributed by atoms with Crippen LogP contribution in [0.5, 0.6) is 0 Å². The number of nitro groups is 1. The summed E-state index contributed by atoms with van der Waals surface area (Å²) < 4.78 is 41.3. The average molecular weight is 623 g/mol. The van der Waals surface area contributed by atoms with Gasteiger partial charge in [-0.15, -0.1) is 11.8 Å². The van der Waals surface area contributed by atoms with Gasteiger partial charge in [0.25, 0.3) is 21.6 Å². The van der Waals surface area contributed by atoms with E-state index in [2.05, 4.69) is 5.32 Å². The molecular formula is C31H31FN4O5S2. The van der Waals surface area contributed by atoms with Crippen molar-refractivity contribution in [1.29, 1.82) is 0 Å². The molecule has 1 amide bonds. The maximum Gasteiger partial charge on any atom is 0.293 e. The van der Waals surface area contributed by atoms with Crippen LogP contribution in [0, 0.1) is 15.9 Å². The molecule has 4 rings (SSSR count). The Balaban J connectivity index is 1.49. The molecule has 4 aromatic carbocycles. The van der Waals surface area contributed by atoms with Gasteiger partial charge in [0.15, 0.2) is 0 Å². The molecule has 0 bridgehead atoms. The first-order valence-corrected chi connectivity index (χ1v) is 15.8. The minimum Gasteiger partial charge on any atom is -0.376 e. The summed E-state index contributed by atoms with van der Waals surface area (Å²) in [4.78, 5) is 26.8. The number of amides is 1. The van der Waals surface area contributed by atoms with Crippen LogP contribution in [0.25, 0.3) is 11.1 Å². The number of carbonyl (C=O) groups excluding carboxylic acids is 1. The zero-order valence-corrected chi connectivity index (χ0v) is 25.2. The fraction of sp³-hybridized carbons (Fsp3) is 0.194. The summed E-state index contributed by atoms with van der Waals surface area (Å²) in [5.41, 5.74) is 1.28. The SMILES string of the molecule is CN(C)CCC(CSc1ccccc1)Nc1ccc(S(=O)(=O)NC(=O)c2ccc(-c3ccc(F)cc3)cc2)cc1[N+](=O)[O-]. The molecule has 0 saturated heterocycles. The van der Waals surface area contributed by atoms with Crippen LogP contribution in [0.2, 0.25) is 0 Å². The van der Waals surface area contributed by atoms with Gasteiger partial charge in [0.1, 0.15) is 11.5 Å². The highest BCUT2D eigenvalue weighted by atomic mass is 32.2. The largest absolute Gasteiger partial charge is 0.376 e. The number of anilines is 1. The van der Waals surface area contributed by atoms with E-state index in [4.69, 9.17) is 0 Å². The maximum atomic E-state index is 13.2. The predicted molar refractivity (Wildman–Crippen MR) is 167 cm³/mol. The lowest BCUT2D eigenvalue weighted by Gasteiger charge is -2.22. The van der Waals surface area contributed by atoms with Gasteiger partial charge < -0.3 is 10.2 Å². The molecule has 1 unspecified atom stereocenters. The third-order valence-corrected chi connectivity index (χ3v) is 9.01. The summed E-state index contributed by atoms with van der Waals surface area (Å²) in [5, 5.41) is 15.2. The molecule has 1 atom stereocenters. The molecule has 0 heterocycles. The van der Waals surface area contributed by atoms with Gasteiger partial charge in [0.05, 0.1) is 9.82 Å². The summed E-state index contributed by atoms with van der Waals surface area (Å²) in [5.74, 6) is -0.636. The van der Waals surface area contributed by atoms with Crippen molar-refractivity contribution in [1.82, 2.24) is 9.62 Å². The highest BCUT2D eigenvalue weighted by Gasteiger charge is 2.25. The van der Waals surface area contributed by atoms with E-state index in [1.54, 1.807) is 36.0 Å². The van der Waals surface area contributed by atoms with Gasteiger partial charge in [-0.3, -0.25) is 14.9 Å². The van der Waals surface area contributed by atoms with Gasteiger partial charge in [0, 0.05) is 28.3 Å². The van der Waals surface area contributed by atoms with Crippen molar-refractivity contribution >= 4 is 39.1 Å². The van der Waals surface area contributed by atoms with E-state index in [0.29, 0.717) is 17.7 Å². The summed E-state index contributed by atoms with van der Waals surface area (Å²) in [7, 11) is -0.544. The normalized spacial score (nSPS) is 12.1. The number of sulfonamides is 1. The van der Waals surface area contributed by atoms with Crippen LogP contribution in [0.15, 0.2) is 107 Å². The molecule has 12 heteroatoms. The van der Waals surface area contributed by atoms with E-state index in [0.717, 1.165) is 23.1 Å². The Morgan fingerprint density at radius 3 is 2.19 bits per heavy atom. The number of nitrogens with zero attached hydrogens (tertiary/aromatic N) is 2. The smallest absolute Gasteiger partial charge is 0.293 e. The predicted octanol–water partition coefficient (Wildman–Crippen LogP) is 6.04. The molecule has 0 aliphatic rings. The van der Waals surface area contributed by atoms with Crippen molar-refractivity contribution in [3.63, 3.8) is 0 Å². The van der Waals surface area contributed by atoms with Crippen LogP contribution in [0.3, 0.4) is 0 Å². The van der Waals surface area contributed by atoms with E-state index in [-0.39, 0.29) is 23.1 Å². The Morgan fingerprint density at radius 1 is 0.953 bits per heavy atom. The fourth-order valence-electron chi connectivity index (χ4n) is 4.19. The number of nitrogens with one attached hydrogen (secondary N) is 2. The van der Waals surface area contributed by atoms with Crippen LogP contribution >= 0.6 is 11.8 Å². The standard InChI is InChI=1S/C31H31FN4O5S2/c1-35(2)19-18-26(21-42-27-6-4-3-5-7-27)33-29-17-16-28(20-30(29)36(38)39)43(40,41)34-31(37)24-10-8-22(9-11-24)23-12-14-25(32)15-13-23/h3-17,20,26,33H,18-19,21H2,1-2H3,(H,34,37). The lowest BCUT2D eigenvalue weighted by atomic mass is 10.0. The third kappa shape index (κ3) is 8.87. The number of rotatable bonds is 13. The average Bonchev–Trinajstić information content (AvgIpc) is 2.99. The van der Waals surface area contributed by atoms with Crippen LogP contribution in [-0.2, 0) is 10.0 Å². The number of carbonyl (C=O) groups is 1. The van der Waals surface area contributed by atoms with Crippen LogP contribution < -0.4 is 10.0 Å². The second-order valence-electron chi connectivity index (χ2n) is 10.0. The van der Waals surface area contributed by atoms with Crippen LogP contribution in [0.1, 0.15) is 16.8 Å². The summed E-state index contributed by atoms with van der Waals surface area (Å²) in [6.45, 7) is 0.740. The highest BCUT2D eigenvalue weighted by Crippen LogP contribution is 2.30. The van der Waals surface area contributed by atoms with Gasteiger partial charge in [-0.05, 0) is 86.7 Å². The Kier molecular flexibility index (Phi) is 10.5. The Labute approximate surface area is 254 Å². The molecule has 0 aromatic heterocycles. The van der Waals surface area contributed by atoms with Gasteiger partial charge in [-0.1, -0.05) is 42.5 Å². The van der Waals surface area contributed by atoms with Crippen molar-refractivity contribution in [3.8, 4) is 11.1 Å². The fourth-order valence-corrected chi connectivity index (χ4v) is 6.18. The highest BCUT2D eigenvalue weighted by molar-refractivity contribution is 7.99.